The first-order valence-electron chi connectivity index (χ1n) is 8.32. The first-order valence-corrected chi connectivity index (χ1v) is 8.32. The van der Waals surface area contributed by atoms with Crippen molar-refractivity contribution in [1.82, 2.24) is 10.2 Å². The smallest absolute Gasteiger partial charge is 0.120 e. The molecule has 3 nitrogen and oxygen atoms in total. The SMILES string of the molecule is CCCCN(Cc1cc(C)c(CNC2CC2)o1)C1CC1. The van der Waals surface area contributed by atoms with Gasteiger partial charge in [-0.25, -0.2) is 0 Å². The zero-order valence-electron chi connectivity index (χ0n) is 13.0. The maximum atomic E-state index is 6.08. The molecule has 1 aromatic rings. The van der Waals surface area contributed by atoms with Gasteiger partial charge >= 0.3 is 0 Å². The van der Waals surface area contributed by atoms with Crippen LogP contribution in [0.3, 0.4) is 0 Å². The van der Waals surface area contributed by atoms with Crippen LogP contribution in [-0.2, 0) is 13.1 Å². The third-order valence-corrected chi connectivity index (χ3v) is 4.42. The number of furan rings is 1. The molecule has 0 atom stereocenters. The summed E-state index contributed by atoms with van der Waals surface area (Å²) in [6, 6.07) is 3.81. The van der Waals surface area contributed by atoms with Crippen molar-refractivity contribution in [3.05, 3.63) is 23.2 Å². The van der Waals surface area contributed by atoms with Crippen molar-refractivity contribution in [1.29, 1.82) is 0 Å². The lowest BCUT2D eigenvalue weighted by Gasteiger charge is -2.20. The first-order chi connectivity index (χ1) is 9.76. The van der Waals surface area contributed by atoms with Gasteiger partial charge in [0.25, 0.3) is 0 Å². The third-order valence-electron chi connectivity index (χ3n) is 4.42. The molecule has 1 heterocycles. The highest BCUT2D eigenvalue weighted by Gasteiger charge is 2.29. The van der Waals surface area contributed by atoms with E-state index in [9.17, 15) is 0 Å². The fourth-order valence-electron chi connectivity index (χ4n) is 2.76. The lowest BCUT2D eigenvalue weighted by atomic mass is 10.2. The lowest BCUT2D eigenvalue weighted by molar-refractivity contribution is 0.227. The van der Waals surface area contributed by atoms with Crippen molar-refractivity contribution in [3.63, 3.8) is 0 Å². The van der Waals surface area contributed by atoms with E-state index in [4.69, 9.17) is 4.42 Å². The van der Waals surface area contributed by atoms with Crippen LogP contribution in [0.4, 0.5) is 0 Å². The molecule has 20 heavy (non-hydrogen) atoms. The average molecular weight is 276 g/mol. The Hall–Kier alpha value is -0.800. The predicted octanol–water partition coefficient (Wildman–Crippen LogP) is 3.60. The van der Waals surface area contributed by atoms with Crippen molar-refractivity contribution >= 4 is 0 Å². The minimum absolute atomic E-state index is 0.746. The van der Waals surface area contributed by atoms with E-state index in [0.717, 1.165) is 36.7 Å². The molecule has 0 unspecified atom stereocenters. The van der Waals surface area contributed by atoms with Gasteiger partial charge in [0.1, 0.15) is 11.5 Å². The second kappa shape index (κ2) is 6.31. The summed E-state index contributed by atoms with van der Waals surface area (Å²) in [5.41, 5.74) is 1.30. The normalized spacial score (nSPS) is 18.9. The van der Waals surface area contributed by atoms with Gasteiger partial charge in [-0.1, -0.05) is 13.3 Å². The van der Waals surface area contributed by atoms with Crippen LogP contribution in [0, 0.1) is 6.92 Å². The fraction of sp³-hybridized carbons (Fsp3) is 0.765. The van der Waals surface area contributed by atoms with Crippen LogP contribution >= 0.6 is 0 Å². The van der Waals surface area contributed by atoms with Crippen molar-refractivity contribution in [3.8, 4) is 0 Å². The molecule has 2 aliphatic rings. The largest absolute Gasteiger partial charge is 0.463 e. The first kappa shape index (κ1) is 14.2. The second-order valence-corrected chi connectivity index (χ2v) is 6.53. The molecule has 1 aromatic heterocycles. The molecule has 2 saturated carbocycles. The molecule has 2 fully saturated rings. The third kappa shape index (κ3) is 3.86. The summed E-state index contributed by atoms with van der Waals surface area (Å²) in [6.07, 6.45) is 7.99. The van der Waals surface area contributed by atoms with E-state index in [-0.39, 0.29) is 0 Å². The number of nitrogens with zero attached hydrogens (tertiary/aromatic N) is 1. The van der Waals surface area contributed by atoms with Gasteiger partial charge in [0.15, 0.2) is 0 Å². The number of hydrogen-bond donors (Lipinski definition) is 1. The maximum absolute atomic E-state index is 6.08. The zero-order chi connectivity index (χ0) is 13.9. The van der Waals surface area contributed by atoms with E-state index >= 15 is 0 Å². The van der Waals surface area contributed by atoms with Crippen LogP contribution in [0.1, 0.15) is 62.5 Å². The highest BCUT2D eigenvalue weighted by Crippen LogP contribution is 2.29. The van der Waals surface area contributed by atoms with Crippen LogP contribution in [-0.4, -0.2) is 23.5 Å². The monoisotopic (exact) mass is 276 g/mol. The van der Waals surface area contributed by atoms with E-state index < -0.39 is 0 Å². The van der Waals surface area contributed by atoms with E-state index in [1.807, 2.05) is 0 Å². The molecule has 0 aliphatic heterocycles. The standard InChI is InChI=1S/C17H28N2O/c1-3-4-9-19(15-7-8-15)12-16-10-13(2)17(20-16)11-18-14-5-6-14/h10,14-15,18H,3-9,11-12H2,1-2H3. The fourth-order valence-corrected chi connectivity index (χ4v) is 2.76. The van der Waals surface area contributed by atoms with Crippen molar-refractivity contribution in [2.45, 2.75) is 77.5 Å². The summed E-state index contributed by atoms with van der Waals surface area (Å²) in [6.45, 7) is 7.55. The van der Waals surface area contributed by atoms with E-state index in [2.05, 4.69) is 30.1 Å². The molecule has 0 radical (unpaired) electrons. The Balaban J connectivity index is 1.55. The minimum atomic E-state index is 0.746. The number of aryl methyl sites for hydroxylation is 1. The van der Waals surface area contributed by atoms with Gasteiger partial charge in [0.2, 0.25) is 0 Å². The Morgan fingerprint density at radius 3 is 2.75 bits per heavy atom. The molecule has 1 N–H and O–H groups in total. The van der Waals surface area contributed by atoms with E-state index in [0.29, 0.717) is 0 Å². The van der Waals surface area contributed by atoms with Gasteiger partial charge in [0, 0.05) is 12.1 Å². The molecular formula is C17H28N2O. The summed E-state index contributed by atoms with van der Waals surface area (Å²) in [5, 5.41) is 3.54. The van der Waals surface area contributed by atoms with Crippen LogP contribution in [0.25, 0.3) is 0 Å². The number of hydrogen-bond acceptors (Lipinski definition) is 3. The van der Waals surface area contributed by atoms with Crippen LogP contribution in [0.2, 0.25) is 0 Å². The van der Waals surface area contributed by atoms with Gasteiger partial charge in [-0.3, -0.25) is 4.90 Å². The summed E-state index contributed by atoms with van der Waals surface area (Å²) >= 11 is 0. The molecule has 3 rings (SSSR count). The predicted molar refractivity (Wildman–Crippen MR) is 81.6 cm³/mol. The molecule has 3 heteroatoms. The summed E-state index contributed by atoms with van der Waals surface area (Å²) in [5.74, 6) is 2.29. The second-order valence-electron chi connectivity index (χ2n) is 6.53. The zero-order valence-corrected chi connectivity index (χ0v) is 13.0. The van der Waals surface area contributed by atoms with Crippen LogP contribution < -0.4 is 5.32 Å². The molecule has 2 aliphatic carbocycles. The topological polar surface area (TPSA) is 28.4 Å². The highest BCUT2D eigenvalue weighted by atomic mass is 16.3. The summed E-state index contributed by atoms with van der Waals surface area (Å²) in [4.78, 5) is 2.61. The Morgan fingerprint density at radius 2 is 2.10 bits per heavy atom. The average Bonchev–Trinajstić information content (AvgIpc) is 3.32. The van der Waals surface area contributed by atoms with Gasteiger partial charge in [0.05, 0.1) is 13.1 Å². The molecule has 0 amide bonds. The van der Waals surface area contributed by atoms with E-state index in [1.165, 1.54) is 50.6 Å². The minimum Gasteiger partial charge on any atom is -0.463 e. The number of unbranched alkanes of at least 4 members (excludes halogenated alkanes) is 1. The van der Waals surface area contributed by atoms with Crippen LogP contribution in [0.15, 0.2) is 10.5 Å². The Labute approximate surface area is 122 Å². The number of nitrogens with one attached hydrogen (secondary N) is 1. The van der Waals surface area contributed by atoms with Gasteiger partial charge < -0.3 is 9.73 Å². The van der Waals surface area contributed by atoms with Crippen molar-refractivity contribution in [2.75, 3.05) is 6.54 Å². The highest BCUT2D eigenvalue weighted by molar-refractivity contribution is 5.20. The Kier molecular flexibility index (Phi) is 4.47. The summed E-state index contributed by atoms with van der Waals surface area (Å²) < 4.78 is 6.08. The van der Waals surface area contributed by atoms with Crippen molar-refractivity contribution in [2.24, 2.45) is 0 Å². The molecule has 112 valence electrons. The Bertz CT molecular complexity index is 432. The molecule has 0 aromatic carbocycles. The molecule has 0 spiro atoms. The van der Waals surface area contributed by atoms with Gasteiger partial charge in [-0.05, 0) is 57.2 Å². The summed E-state index contributed by atoms with van der Waals surface area (Å²) in [7, 11) is 0. The molecular weight excluding hydrogens is 248 g/mol. The van der Waals surface area contributed by atoms with E-state index in [1.54, 1.807) is 0 Å². The van der Waals surface area contributed by atoms with Crippen molar-refractivity contribution < 1.29 is 4.42 Å². The lowest BCUT2D eigenvalue weighted by Crippen LogP contribution is -2.26. The molecule has 0 saturated heterocycles. The maximum Gasteiger partial charge on any atom is 0.120 e. The molecule has 0 bridgehead atoms. The Morgan fingerprint density at radius 1 is 1.30 bits per heavy atom. The number of rotatable bonds is 9. The van der Waals surface area contributed by atoms with Gasteiger partial charge in [-0.15, -0.1) is 0 Å². The quantitative estimate of drug-likeness (QED) is 0.747. The van der Waals surface area contributed by atoms with Crippen LogP contribution in [0.5, 0.6) is 0 Å². The van der Waals surface area contributed by atoms with Gasteiger partial charge in [-0.2, -0.15) is 0 Å².